The molecule has 49 heavy (non-hydrogen) atoms. The number of aromatic nitrogens is 3. The van der Waals surface area contributed by atoms with E-state index < -0.39 is 12.1 Å². The number of likely N-dealkylation sites (N-methyl/N-ethyl adjacent to an activating group) is 1. The number of H-pyrrole nitrogens is 1. The van der Waals surface area contributed by atoms with Gasteiger partial charge in [0.05, 0.1) is 10.7 Å². The maximum absolute atomic E-state index is 14.2. The zero-order valence-corrected chi connectivity index (χ0v) is 29.0. The molecule has 3 aromatic heterocycles. The Hall–Kier alpha value is -4.28. The number of carbonyl (C=O) groups excluding carboxylic acids is 2. The van der Waals surface area contributed by atoms with Crippen LogP contribution in [0.2, 0.25) is 5.02 Å². The molecule has 0 radical (unpaired) electrons. The van der Waals surface area contributed by atoms with Crippen molar-refractivity contribution in [2.45, 2.75) is 55.4 Å². The molecule has 258 valence electrons. The topological polar surface area (TPSA) is 203 Å². The van der Waals surface area contributed by atoms with Gasteiger partial charge in [-0.1, -0.05) is 52.8 Å². The Morgan fingerprint density at radius 1 is 1.12 bits per heavy atom. The Morgan fingerprint density at radius 2 is 1.92 bits per heavy atom. The molecule has 2 amide bonds. The van der Waals surface area contributed by atoms with E-state index in [0.29, 0.717) is 32.9 Å². The number of rotatable bonds is 15. The number of aryl methyl sites for hydroxylation is 2. The van der Waals surface area contributed by atoms with Gasteiger partial charge in [-0.2, -0.15) is 0 Å². The molecule has 2 atom stereocenters. The molecule has 0 saturated heterocycles. The Balaban J connectivity index is 1.50. The van der Waals surface area contributed by atoms with Gasteiger partial charge in [-0.3, -0.25) is 19.7 Å². The number of amides is 2. The van der Waals surface area contributed by atoms with Gasteiger partial charge in [0.2, 0.25) is 11.8 Å². The number of nitrogens with two attached hydrogens (primary N) is 3. The van der Waals surface area contributed by atoms with Crippen LogP contribution in [-0.4, -0.2) is 64.2 Å². The highest BCUT2D eigenvalue weighted by molar-refractivity contribution is 7.99. The molecule has 0 spiro atoms. The van der Waals surface area contributed by atoms with Gasteiger partial charge in [0, 0.05) is 66.9 Å². The van der Waals surface area contributed by atoms with Gasteiger partial charge in [-0.05, 0) is 60.4 Å². The van der Waals surface area contributed by atoms with E-state index in [2.05, 4.69) is 30.6 Å². The second kappa shape index (κ2) is 16.4. The number of benzene rings is 2. The molecule has 13 nitrogen and oxygen atoms in total. The number of hydrogen-bond acceptors (Lipinski definition) is 11. The van der Waals surface area contributed by atoms with E-state index in [9.17, 15) is 9.59 Å². The highest BCUT2D eigenvalue weighted by atomic mass is 35.5. The number of para-hydroxylation sites is 1. The van der Waals surface area contributed by atoms with Crippen molar-refractivity contribution in [2.24, 2.45) is 17.4 Å². The van der Waals surface area contributed by atoms with Gasteiger partial charge in [0.1, 0.15) is 29.6 Å². The summed E-state index contributed by atoms with van der Waals surface area (Å²) < 4.78 is 5.44. The zero-order valence-electron chi connectivity index (χ0n) is 27.5. The molecule has 0 aliphatic rings. The SMILES string of the molecule is Cc1noc(C)c1-c1cc(Cl)c(Sc2ncccc2CN)c(CNC(=O)[C@H](Cc2c[nH]c3ccccc23)N(C)C(=O)[C@H](CN)NCON)c1. The van der Waals surface area contributed by atoms with Crippen molar-refractivity contribution >= 4 is 46.1 Å². The summed E-state index contributed by atoms with van der Waals surface area (Å²) in [5.41, 5.74) is 17.6. The minimum absolute atomic E-state index is 0.0279. The Morgan fingerprint density at radius 3 is 2.63 bits per heavy atom. The summed E-state index contributed by atoms with van der Waals surface area (Å²) >= 11 is 8.35. The summed E-state index contributed by atoms with van der Waals surface area (Å²) in [6.07, 6.45) is 3.78. The zero-order chi connectivity index (χ0) is 35.1. The molecule has 0 bridgehead atoms. The number of fused-ring (bicyclic) bond motifs is 1. The lowest BCUT2D eigenvalue weighted by molar-refractivity contribution is -0.140. The highest BCUT2D eigenvalue weighted by Crippen LogP contribution is 2.40. The second-order valence-corrected chi connectivity index (χ2v) is 12.9. The lowest BCUT2D eigenvalue weighted by atomic mass is 10.0. The minimum atomic E-state index is -0.904. The summed E-state index contributed by atoms with van der Waals surface area (Å²) in [5, 5.41) is 12.2. The Labute approximate surface area is 293 Å². The maximum Gasteiger partial charge on any atom is 0.243 e. The number of halogens is 1. The fourth-order valence-corrected chi connectivity index (χ4v) is 7.10. The van der Waals surface area contributed by atoms with Crippen molar-refractivity contribution in [3.05, 3.63) is 94.1 Å². The molecule has 0 aliphatic heterocycles. The summed E-state index contributed by atoms with van der Waals surface area (Å²) in [5.74, 6) is 5.06. The number of aromatic amines is 1. The molecular formula is C34H40ClN9O4S. The average molecular weight is 706 g/mol. The van der Waals surface area contributed by atoms with E-state index >= 15 is 0 Å². The smallest absolute Gasteiger partial charge is 0.243 e. The third-order valence-corrected chi connectivity index (χ3v) is 9.97. The van der Waals surface area contributed by atoms with Gasteiger partial charge in [0.15, 0.2) is 0 Å². The summed E-state index contributed by atoms with van der Waals surface area (Å²) in [6.45, 7) is 3.96. The van der Waals surface area contributed by atoms with Crippen LogP contribution in [0.5, 0.6) is 0 Å². The van der Waals surface area contributed by atoms with Gasteiger partial charge in [-0.25, -0.2) is 10.9 Å². The van der Waals surface area contributed by atoms with Crippen molar-refractivity contribution in [2.75, 3.05) is 20.3 Å². The normalized spacial score (nSPS) is 12.6. The molecule has 3 heterocycles. The Kier molecular flexibility index (Phi) is 12.1. The second-order valence-electron chi connectivity index (χ2n) is 11.5. The van der Waals surface area contributed by atoms with Gasteiger partial charge in [-0.15, -0.1) is 0 Å². The van der Waals surface area contributed by atoms with Crippen LogP contribution in [-0.2, 0) is 33.9 Å². The number of nitrogens with zero attached hydrogens (tertiary/aromatic N) is 3. The highest BCUT2D eigenvalue weighted by Gasteiger charge is 2.32. The van der Waals surface area contributed by atoms with Crippen LogP contribution < -0.4 is 28.0 Å². The van der Waals surface area contributed by atoms with E-state index in [1.54, 1.807) is 13.2 Å². The van der Waals surface area contributed by atoms with Crippen molar-refractivity contribution in [1.29, 1.82) is 0 Å². The number of hydrogen-bond donors (Lipinski definition) is 6. The molecule has 0 fully saturated rings. The predicted molar refractivity (Wildman–Crippen MR) is 189 cm³/mol. The first-order chi connectivity index (χ1) is 23.7. The van der Waals surface area contributed by atoms with Crippen LogP contribution in [0.4, 0.5) is 0 Å². The summed E-state index contributed by atoms with van der Waals surface area (Å²) in [6, 6.07) is 13.6. The quantitative estimate of drug-likeness (QED) is 0.0687. The monoisotopic (exact) mass is 705 g/mol. The first-order valence-electron chi connectivity index (χ1n) is 15.6. The van der Waals surface area contributed by atoms with Crippen molar-refractivity contribution in [1.82, 2.24) is 30.7 Å². The molecule has 9 N–H and O–H groups in total. The van der Waals surface area contributed by atoms with Crippen LogP contribution >= 0.6 is 23.4 Å². The maximum atomic E-state index is 14.2. The third-order valence-electron chi connectivity index (χ3n) is 8.32. The largest absolute Gasteiger partial charge is 0.361 e. The molecule has 5 aromatic rings. The molecule has 0 unspecified atom stereocenters. The molecule has 2 aromatic carbocycles. The van der Waals surface area contributed by atoms with Crippen LogP contribution in [0.15, 0.2) is 75.4 Å². The van der Waals surface area contributed by atoms with Gasteiger partial charge < -0.3 is 31.2 Å². The molecule has 0 aliphatic carbocycles. The van der Waals surface area contributed by atoms with E-state index in [0.717, 1.165) is 38.7 Å². The fourth-order valence-electron chi connectivity index (χ4n) is 5.74. The van der Waals surface area contributed by atoms with Gasteiger partial charge in [0.25, 0.3) is 0 Å². The number of pyridine rings is 1. The van der Waals surface area contributed by atoms with E-state index in [1.807, 2.05) is 68.6 Å². The van der Waals surface area contributed by atoms with Crippen LogP contribution in [0.1, 0.15) is 28.1 Å². The van der Waals surface area contributed by atoms with Crippen molar-refractivity contribution in [3.63, 3.8) is 0 Å². The lowest BCUT2D eigenvalue weighted by Crippen LogP contribution is -2.56. The van der Waals surface area contributed by atoms with Crippen molar-refractivity contribution < 1.29 is 18.9 Å². The fraction of sp³-hybridized carbons (Fsp3) is 0.294. The standard InChI is InChI=1S/C34H40ClN9O4S/c1-19-30(20(2)48-43-19)22-11-24(31(26(35)12-22)49-33-21(14-36)7-6-10-39-33)17-41-32(45)29(44(3)34(46)28(15-37)42-18-47-38)13-23-16-40-27-9-5-4-8-25(23)27/h4-12,16,28-29,40,42H,13-15,17-18,36-38H2,1-3H3,(H,41,45)/t28-,29-/m0/s1. The van der Waals surface area contributed by atoms with E-state index in [-0.39, 0.29) is 38.1 Å². The van der Waals surface area contributed by atoms with Gasteiger partial charge >= 0.3 is 0 Å². The number of carbonyl (C=O) groups is 2. The molecule has 0 saturated carbocycles. The van der Waals surface area contributed by atoms with E-state index in [1.165, 1.54) is 16.7 Å². The third kappa shape index (κ3) is 8.13. The molecule has 5 rings (SSSR count). The van der Waals surface area contributed by atoms with Crippen LogP contribution in [0, 0.1) is 13.8 Å². The summed E-state index contributed by atoms with van der Waals surface area (Å²) in [4.78, 5) is 42.4. The summed E-state index contributed by atoms with van der Waals surface area (Å²) in [7, 11) is 1.58. The first kappa shape index (κ1) is 36.0. The Bertz CT molecular complexity index is 1910. The molecular weight excluding hydrogens is 666 g/mol. The lowest BCUT2D eigenvalue weighted by Gasteiger charge is -2.30. The first-order valence-corrected chi connectivity index (χ1v) is 16.8. The van der Waals surface area contributed by atoms with Crippen molar-refractivity contribution in [3.8, 4) is 11.1 Å². The average Bonchev–Trinajstić information content (AvgIpc) is 3.68. The van der Waals surface area contributed by atoms with Crippen LogP contribution in [0.25, 0.3) is 22.0 Å². The number of nitrogens with one attached hydrogen (secondary N) is 3. The van der Waals surface area contributed by atoms with Crippen LogP contribution in [0.3, 0.4) is 0 Å². The molecule has 15 heteroatoms. The predicted octanol–water partition coefficient (Wildman–Crippen LogP) is 3.55. The van der Waals surface area contributed by atoms with E-state index in [4.69, 9.17) is 33.5 Å². The minimum Gasteiger partial charge on any atom is -0.361 e.